The van der Waals surface area contributed by atoms with Gasteiger partial charge in [0.2, 0.25) is 5.91 Å². The zero-order valence-electron chi connectivity index (χ0n) is 18.1. The summed E-state index contributed by atoms with van der Waals surface area (Å²) < 4.78 is 5.51. The number of aryl methyl sites for hydroxylation is 3. The van der Waals surface area contributed by atoms with Crippen molar-refractivity contribution in [2.45, 2.75) is 33.7 Å². The normalized spacial score (nSPS) is 15.3. The number of rotatable bonds is 7. The molecule has 1 N–H and O–H groups in total. The molecule has 156 valence electrons. The lowest BCUT2D eigenvalue weighted by Crippen LogP contribution is -2.48. The van der Waals surface area contributed by atoms with Gasteiger partial charge < -0.3 is 10.1 Å². The standard InChI is InChI=1S/C24H33N3O2/c1-5-20-8-6-7-19(3)24(20)25-23(28)17-27-13-11-26(12-14-27)16-21-15-18(2)9-10-22(21)29-4/h6-10,15H,5,11-14,16-17H2,1-4H3,(H,25,28). The molecule has 1 aliphatic heterocycles. The lowest BCUT2D eigenvalue weighted by molar-refractivity contribution is -0.117. The van der Waals surface area contributed by atoms with Gasteiger partial charge in [-0.05, 0) is 37.5 Å². The predicted molar refractivity (Wildman–Crippen MR) is 119 cm³/mol. The second-order valence-electron chi connectivity index (χ2n) is 7.88. The molecule has 5 heteroatoms. The molecule has 1 saturated heterocycles. The molecule has 1 aliphatic rings. The van der Waals surface area contributed by atoms with E-state index in [1.807, 2.05) is 25.1 Å². The SMILES string of the molecule is CCc1cccc(C)c1NC(=O)CN1CCN(Cc2cc(C)ccc2OC)CC1. The highest BCUT2D eigenvalue weighted by Gasteiger charge is 2.20. The van der Waals surface area contributed by atoms with E-state index < -0.39 is 0 Å². The molecule has 29 heavy (non-hydrogen) atoms. The molecular weight excluding hydrogens is 362 g/mol. The molecule has 0 bridgehead atoms. The minimum atomic E-state index is 0.0720. The van der Waals surface area contributed by atoms with E-state index in [-0.39, 0.29) is 5.91 Å². The number of carbonyl (C=O) groups excluding carboxylic acids is 1. The second-order valence-corrected chi connectivity index (χ2v) is 7.88. The van der Waals surface area contributed by atoms with Crippen LogP contribution in [-0.2, 0) is 17.8 Å². The molecule has 5 nitrogen and oxygen atoms in total. The quantitative estimate of drug-likeness (QED) is 0.778. The number of carbonyl (C=O) groups is 1. The van der Waals surface area contributed by atoms with Gasteiger partial charge in [-0.15, -0.1) is 0 Å². The van der Waals surface area contributed by atoms with E-state index in [2.05, 4.69) is 47.2 Å². The van der Waals surface area contributed by atoms with E-state index in [9.17, 15) is 4.79 Å². The van der Waals surface area contributed by atoms with Crippen molar-refractivity contribution in [3.05, 3.63) is 58.7 Å². The van der Waals surface area contributed by atoms with Gasteiger partial charge in [0.1, 0.15) is 5.75 Å². The van der Waals surface area contributed by atoms with E-state index in [1.54, 1.807) is 7.11 Å². The maximum absolute atomic E-state index is 12.6. The van der Waals surface area contributed by atoms with Crippen LogP contribution in [-0.4, -0.2) is 55.5 Å². The number of hydrogen-bond acceptors (Lipinski definition) is 4. The number of piperazine rings is 1. The number of hydrogen-bond donors (Lipinski definition) is 1. The van der Waals surface area contributed by atoms with Gasteiger partial charge in [0.15, 0.2) is 0 Å². The first-order chi connectivity index (χ1) is 14.0. The zero-order valence-corrected chi connectivity index (χ0v) is 18.1. The Labute approximate surface area is 174 Å². The Kier molecular flexibility index (Phi) is 7.29. The van der Waals surface area contributed by atoms with Crippen LogP contribution in [0.1, 0.15) is 29.2 Å². The molecule has 0 atom stereocenters. The lowest BCUT2D eigenvalue weighted by atomic mass is 10.1. The minimum absolute atomic E-state index is 0.0720. The van der Waals surface area contributed by atoms with Crippen LogP contribution in [0.5, 0.6) is 5.75 Å². The summed E-state index contributed by atoms with van der Waals surface area (Å²) in [6, 6.07) is 12.5. The zero-order chi connectivity index (χ0) is 20.8. The van der Waals surface area contributed by atoms with Crippen LogP contribution in [0.15, 0.2) is 36.4 Å². The second kappa shape index (κ2) is 9.90. The fourth-order valence-corrected chi connectivity index (χ4v) is 3.96. The highest BCUT2D eigenvalue weighted by Crippen LogP contribution is 2.23. The fourth-order valence-electron chi connectivity index (χ4n) is 3.96. The molecule has 0 aliphatic carbocycles. The van der Waals surface area contributed by atoms with Gasteiger partial charge in [0.25, 0.3) is 0 Å². The first-order valence-corrected chi connectivity index (χ1v) is 10.5. The van der Waals surface area contributed by atoms with E-state index in [4.69, 9.17) is 4.74 Å². The maximum atomic E-state index is 12.6. The molecule has 0 spiro atoms. The Morgan fingerprint density at radius 3 is 2.45 bits per heavy atom. The van der Waals surface area contributed by atoms with Gasteiger partial charge in [0.05, 0.1) is 13.7 Å². The van der Waals surface area contributed by atoms with Crippen LogP contribution in [0.4, 0.5) is 5.69 Å². The third-order valence-corrected chi connectivity index (χ3v) is 5.67. The number of nitrogens with one attached hydrogen (secondary N) is 1. The minimum Gasteiger partial charge on any atom is -0.496 e. The Hall–Kier alpha value is -2.37. The summed E-state index contributed by atoms with van der Waals surface area (Å²) in [6.07, 6.45) is 0.915. The molecule has 0 aromatic heterocycles. The van der Waals surface area contributed by atoms with Crippen molar-refractivity contribution in [3.63, 3.8) is 0 Å². The van der Waals surface area contributed by atoms with Gasteiger partial charge in [-0.3, -0.25) is 14.6 Å². The third kappa shape index (κ3) is 5.58. The Balaban J connectivity index is 1.51. The number of para-hydroxylation sites is 1. The van der Waals surface area contributed by atoms with Gasteiger partial charge in [-0.25, -0.2) is 0 Å². The molecule has 2 aromatic carbocycles. The predicted octanol–water partition coefficient (Wildman–Crippen LogP) is 3.63. The van der Waals surface area contributed by atoms with Crippen LogP contribution in [0.25, 0.3) is 0 Å². The average molecular weight is 396 g/mol. The summed E-state index contributed by atoms with van der Waals surface area (Å²) in [5.74, 6) is 1.02. The van der Waals surface area contributed by atoms with Crippen LogP contribution in [0, 0.1) is 13.8 Å². The van der Waals surface area contributed by atoms with Gasteiger partial charge in [-0.2, -0.15) is 0 Å². The fraction of sp³-hybridized carbons (Fsp3) is 0.458. The number of amides is 1. The Morgan fingerprint density at radius 1 is 1.03 bits per heavy atom. The molecule has 0 radical (unpaired) electrons. The molecule has 3 rings (SSSR count). The summed E-state index contributed by atoms with van der Waals surface area (Å²) in [4.78, 5) is 17.3. The van der Waals surface area contributed by atoms with Crippen molar-refractivity contribution in [2.24, 2.45) is 0 Å². The van der Waals surface area contributed by atoms with Crippen LogP contribution >= 0.6 is 0 Å². The van der Waals surface area contributed by atoms with Crippen molar-refractivity contribution in [2.75, 3.05) is 45.2 Å². The molecular formula is C24H33N3O2. The number of anilines is 1. The monoisotopic (exact) mass is 395 g/mol. The molecule has 1 heterocycles. The highest BCUT2D eigenvalue weighted by molar-refractivity contribution is 5.93. The van der Waals surface area contributed by atoms with Gasteiger partial charge in [0, 0.05) is 44.0 Å². The number of benzene rings is 2. The van der Waals surface area contributed by atoms with Gasteiger partial charge >= 0.3 is 0 Å². The van der Waals surface area contributed by atoms with Crippen molar-refractivity contribution in [3.8, 4) is 5.75 Å². The van der Waals surface area contributed by atoms with Gasteiger partial charge in [-0.1, -0.05) is 42.8 Å². The lowest BCUT2D eigenvalue weighted by Gasteiger charge is -2.34. The molecule has 0 saturated carbocycles. The highest BCUT2D eigenvalue weighted by atomic mass is 16.5. The Morgan fingerprint density at radius 2 is 1.76 bits per heavy atom. The van der Waals surface area contributed by atoms with E-state index >= 15 is 0 Å². The van der Waals surface area contributed by atoms with E-state index in [0.29, 0.717) is 6.54 Å². The van der Waals surface area contributed by atoms with Crippen LogP contribution in [0.2, 0.25) is 0 Å². The molecule has 2 aromatic rings. The summed E-state index contributed by atoms with van der Waals surface area (Å²) in [5.41, 5.74) is 5.76. The summed E-state index contributed by atoms with van der Waals surface area (Å²) in [6.45, 7) is 11.3. The van der Waals surface area contributed by atoms with Crippen molar-refractivity contribution in [1.29, 1.82) is 0 Å². The topological polar surface area (TPSA) is 44.8 Å². The molecule has 1 fully saturated rings. The van der Waals surface area contributed by atoms with Crippen LogP contribution in [0.3, 0.4) is 0 Å². The van der Waals surface area contributed by atoms with Crippen LogP contribution < -0.4 is 10.1 Å². The molecule has 1 amide bonds. The summed E-state index contributed by atoms with van der Waals surface area (Å²) >= 11 is 0. The molecule has 0 unspecified atom stereocenters. The van der Waals surface area contributed by atoms with Crippen molar-refractivity contribution < 1.29 is 9.53 Å². The van der Waals surface area contributed by atoms with Crippen molar-refractivity contribution >= 4 is 11.6 Å². The average Bonchev–Trinajstić information content (AvgIpc) is 2.71. The Bertz CT molecular complexity index is 842. The van der Waals surface area contributed by atoms with E-state index in [1.165, 1.54) is 16.7 Å². The van der Waals surface area contributed by atoms with E-state index in [0.717, 1.165) is 56.1 Å². The number of methoxy groups -OCH3 is 1. The van der Waals surface area contributed by atoms with Crippen molar-refractivity contribution in [1.82, 2.24) is 9.80 Å². The largest absolute Gasteiger partial charge is 0.496 e. The third-order valence-electron chi connectivity index (χ3n) is 5.67. The summed E-state index contributed by atoms with van der Waals surface area (Å²) in [5, 5.41) is 3.14. The number of nitrogens with zero attached hydrogens (tertiary/aromatic N) is 2. The smallest absolute Gasteiger partial charge is 0.238 e. The first-order valence-electron chi connectivity index (χ1n) is 10.5. The summed E-state index contributed by atoms with van der Waals surface area (Å²) in [7, 11) is 1.73. The first kappa shape index (κ1) is 21.3. The maximum Gasteiger partial charge on any atom is 0.238 e. The number of ether oxygens (including phenoxy) is 1.